The van der Waals surface area contributed by atoms with Crippen molar-refractivity contribution in [3.63, 3.8) is 0 Å². The molecule has 102 valence electrons. The molecule has 0 bridgehead atoms. The Bertz CT molecular complexity index is 442. The molecule has 0 aromatic heterocycles. The quantitative estimate of drug-likeness (QED) is 0.541. The second kappa shape index (κ2) is 6.14. The summed E-state index contributed by atoms with van der Waals surface area (Å²) in [4.78, 5) is 0. The van der Waals surface area contributed by atoms with Gasteiger partial charge in [-0.3, -0.25) is 0 Å². The van der Waals surface area contributed by atoms with Crippen LogP contribution in [-0.4, -0.2) is 11.9 Å². The molecule has 1 saturated carbocycles. The molecule has 2 rings (SSSR count). The summed E-state index contributed by atoms with van der Waals surface area (Å²) in [6.45, 7) is 7.02. The smallest absolute Gasteiger partial charge is 0.0568 e. The predicted octanol–water partition coefficient (Wildman–Crippen LogP) is 4.70. The minimum Gasteiger partial charge on any atom is -0.160 e. The third-order valence-corrected chi connectivity index (χ3v) is 3.99. The molecular weight excluding hydrogens is 232 g/mol. The molecule has 0 unspecified atom stereocenters. The molecular formula is C17H24N2. The van der Waals surface area contributed by atoms with Crippen LogP contribution in [0.4, 0.5) is 0 Å². The van der Waals surface area contributed by atoms with E-state index >= 15 is 0 Å². The van der Waals surface area contributed by atoms with E-state index in [1.807, 2.05) is 36.5 Å². The van der Waals surface area contributed by atoms with Crippen molar-refractivity contribution in [3.8, 4) is 0 Å². The Morgan fingerprint density at radius 3 is 2.26 bits per heavy atom. The van der Waals surface area contributed by atoms with Gasteiger partial charge in [0.15, 0.2) is 0 Å². The number of hydrogen-bond acceptors (Lipinski definition) is 2. The summed E-state index contributed by atoms with van der Waals surface area (Å²) in [6, 6.07) is 10.1. The normalized spacial score (nSPS) is 20.8. The van der Waals surface area contributed by atoms with Gasteiger partial charge in [0.2, 0.25) is 0 Å². The summed E-state index contributed by atoms with van der Waals surface area (Å²) in [6.07, 6.45) is 6.55. The van der Waals surface area contributed by atoms with E-state index in [0.717, 1.165) is 24.3 Å². The first kappa shape index (κ1) is 14.0. The summed E-state index contributed by atoms with van der Waals surface area (Å²) >= 11 is 0. The average molecular weight is 256 g/mol. The molecule has 0 N–H and O–H groups in total. The Kier molecular flexibility index (Phi) is 4.52. The minimum atomic E-state index is 0.429. The largest absolute Gasteiger partial charge is 0.160 e. The number of rotatable bonds is 2. The van der Waals surface area contributed by atoms with Gasteiger partial charge in [0, 0.05) is 5.71 Å². The summed E-state index contributed by atoms with van der Waals surface area (Å²) < 4.78 is 0. The second-order valence-corrected chi connectivity index (χ2v) is 6.46. The summed E-state index contributed by atoms with van der Waals surface area (Å²) in [7, 11) is 0. The summed E-state index contributed by atoms with van der Waals surface area (Å²) in [5, 5.41) is 8.60. The van der Waals surface area contributed by atoms with Gasteiger partial charge in [0.1, 0.15) is 0 Å². The highest BCUT2D eigenvalue weighted by molar-refractivity contribution is 5.86. The molecule has 0 radical (unpaired) electrons. The molecule has 2 heteroatoms. The molecule has 1 aliphatic rings. The van der Waals surface area contributed by atoms with Crippen molar-refractivity contribution in [3.05, 3.63) is 35.9 Å². The molecule has 19 heavy (non-hydrogen) atoms. The SMILES string of the molecule is CC(C)(C)C1CCC(=N/N=C\c2ccccc2)CC1. The molecule has 0 heterocycles. The monoisotopic (exact) mass is 256 g/mol. The van der Waals surface area contributed by atoms with Crippen LogP contribution < -0.4 is 0 Å². The van der Waals surface area contributed by atoms with E-state index in [9.17, 15) is 0 Å². The molecule has 0 saturated heterocycles. The van der Waals surface area contributed by atoms with Crippen molar-refractivity contribution >= 4 is 11.9 Å². The topological polar surface area (TPSA) is 24.7 Å². The Hall–Kier alpha value is -1.44. The molecule has 2 nitrogen and oxygen atoms in total. The number of hydrogen-bond donors (Lipinski definition) is 0. The standard InChI is InChI=1S/C17H24N2/c1-17(2,3)15-9-11-16(12-10-15)19-18-13-14-7-5-4-6-8-14/h4-8,13,15H,9-12H2,1-3H3/b18-13-,19-16?. The minimum absolute atomic E-state index is 0.429. The van der Waals surface area contributed by atoms with Gasteiger partial charge in [-0.1, -0.05) is 51.1 Å². The lowest BCUT2D eigenvalue weighted by Crippen LogP contribution is -2.25. The van der Waals surface area contributed by atoms with E-state index < -0.39 is 0 Å². The highest BCUT2D eigenvalue weighted by Crippen LogP contribution is 2.36. The first-order chi connectivity index (χ1) is 9.05. The van der Waals surface area contributed by atoms with Gasteiger partial charge in [-0.25, -0.2) is 0 Å². The Morgan fingerprint density at radius 2 is 1.68 bits per heavy atom. The maximum absolute atomic E-state index is 4.38. The van der Waals surface area contributed by atoms with E-state index in [1.165, 1.54) is 18.6 Å². The molecule has 0 spiro atoms. The van der Waals surface area contributed by atoms with Crippen LogP contribution in [0.2, 0.25) is 0 Å². The van der Waals surface area contributed by atoms with Crippen LogP contribution in [0.25, 0.3) is 0 Å². The predicted molar refractivity (Wildman–Crippen MR) is 82.9 cm³/mol. The second-order valence-electron chi connectivity index (χ2n) is 6.46. The van der Waals surface area contributed by atoms with Crippen LogP contribution in [0.1, 0.15) is 52.0 Å². The fourth-order valence-electron chi connectivity index (χ4n) is 2.63. The molecule has 0 amide bonds. The summed E-state index contributed by atoms with van der Waals surface area (Å²) in [5.74, 6) is 0.824. The first-order valence-electron chi connectivity index (χ1n) is 7.19. The Labute approximate surface area is 116 Å². The van der Waals surface area contributed by atoms with Gasteiger partial charge >= 0.3 is 0 Å². The van der Waals surface area contributed by atoms with E-state index in [4.69, 9.17) is 0 Å². The van der Waals surface area contributed by atoms with Gasteiger partial charge in [0.05, 0.1) is 6.21 Å². The van der Waals surface area contributed by atoms with Gasteiger partial charge in [-0.2, -0.15) is 10.2 Å². The Morgan fingerprint density at radius 1 is 1.05 bits per heavy atom. The van der Waals surface area contributed by atoms with Crippen molar-refractivity contribution in [2.45, 2.75) is 46.5 Å². The molecule has 1 aliphatic carbocycles. The molecule has 1 fully saturated rings. The van der Waals surface area contributed by atoms with E-state index in [1.54, 1.807) is 0 Å². The van der Waals surface area contributed by atoms with Crippen LogP contribution in [-0.2, 0) is 0 Å². The van der Waals surface area contributed by atoms with Gasteiger partial charge < -0.3 is 0 Å². The zero-order valence-corrected chi connectivity index (χ0v) is 12.3. The van der Waals surface area contributed by atoms with E-state index in [2.05, 4.69) is 31.0 Å². The van der Waals surface area contributed by atoms with Crippen molar-refractivity contribution in [1.82, 2.24) is 0 Å². The molecule has 1 aromatic carbocycles. The first-order valence-corrected chi connectivity index (χ1v) is 7.19. The van der Waals surface area contributed by atoms with Crippen molar-refractivity contribution in [2.24, 2.45) is 21.5 Å². The van der Waals surface area contributed by atoms with Crippen LogP contribution in [0.3, 0.4) is 0 Å². The van der Waals surface area contributed by atoms with E-state index in [0.29, 0.717) is 5.41 Å². The third kappa shape index (κ3) is 4.30. The van der Waals surface area contributed by atoms with Crippen molar-refractivity contribution < 1.29 is 0 Å². The number of benzene rings is 1. The zero-order valence-electron chi connectivity index (χ0n) is 12.3. The maximum Gasteiger partial charge on any atom is 0.0568 e. The maximum atomic E-state index is 4.38. The fraction of sp³-hybridized carbons (Fsp3) is 0.529. The van der Waals surface area contributed by atoms with Crippen LogP contribution in [0.15, 0.2) is 40.5 Å². The highest BCUT2D eigenvalue weighted by atomic mass is 15.2. The van der Waals surface area contributed by atoms with Crippen LogP contribution in [0, 0.1) is 11.3 Å². The van der Waals surface area contributed by atoms with Gasteiger partial charge in [-0.15, -0.1) is 0 Å². The Balaban J connectivity index is 1.88. The van der Waals surface area contributed by atoms with E-state index in [-0.39, 0.29) is 0 Å². The molecule has 0 aliphatic heterocycles. The van der Waals surface area contributed by atoms with Crippen LogP contribution >= 0.6 is 0 Å². The average Bonchev–Trinajstić information content (AvgIpc) is 2.39. The zero-order chi connectivity index (χ0) is 13.7. The lowest BCUT2D eigenvalue weighted by molar-refractivity contribution is 0.208. The van der Waals surface area contributed by atoms with Gasteiger partial charge in [0.25, 0.3) is 0 Å². The van der Waals surface area contributed by atoms with Gasteiger partial charge in [-0.05, 0) is 42.6 Å². The van der Waals surface area contributed by atoms with Crippen molar-refractivity contribution in [1.29, 1.82) is 0 Å². The lowest BCUT2D eigenvalue weighted by Gasteiger charge is -2.34. The molecule has 0 atom stereocenters. The fourth-order valence-corrected chi connectivity index (χ4v) is 2.63. The molecule has 1 aromatic rings. The highest BCUT2D eigenvalue weighted by Gasteiger charge is 2.27. The van der Waals surface area contributed by atoms with Crippen LogP contribution in [0.5, 0.6) is 0 Å². The number of nitrogens with zero attached hydrogens (tertiary/aromatic N) is 2. The lowest BCUT2D eigenvalue weighted by atomic mass is 9.72. The third-order valence-electron chi connectivity index (χ3n) is 3.99. The summed E-state index contributed by atoms with van der Waals surface area (Å²) in [5.41, 5.74) is 2.79. The van der Waals surface area contributed by atoms with Crippen molar-refractivity contribution in [2.75, 3.05) is 0 Å².